The molecule has 0 spiro atoms. The van der Waals surface area contributed by atoms with E-state index in [2.05, 4.69) is 20.3 Å². The molecule has 9 heteroatoms. The van der Waals surface area contributed by atoms with E-state index in [1.54, 1.807) is 6.92 Å². The summed E-state index contributed by atoms with van der Waals surface area (Å²) in [5.74, 6) is 1.66. The highest BCUT2D eigenvalue weighted by Crippen LogP contribution is 2.40. The lowest BCUT2D eigenvalue weighted by Gasteiger charge is -2.07. The molecule has 2 aromatic heterocycles. The number of carbonyl (C=O) groups is 1. The molecule has 21 heavy (non-hydrogen) atoms. The van der Waals surface area contributed by atoms with Crippen molar-refractivity contribution in [1.29, 1.82) is 0 Å². The zero-order valence-corrected chi connectivity index (χ0v) is 12.3. The molecule has 112 valence electrons. The van der Waals surface area contributed by atoms with Gasteiger partial charge >= 0.3 is 5.97 Å². The van der Waals surface area contributed by atoms with Crippen LogP contribution < -0.4 is 0 Å². The first-order valence-corrected chi connectivity index (χ1v) is 7.69. The second kappa shape index (κ2) is 5.84. The van der Waals surface area contributed by atoms with Crippen LogP contribution in [-0.2, 0) is 17.8 Å². The Morgan fingerprint density at radius 2 is 2.29 bits per heavy atom. The van der Waals surface area contributed by atoms with Crippen LogP contribution in [0.3, 0.4) is 0 Å². The molecule has 0 bridgehead atoms. The Morgan fingerprint density at radius 3 is 2.90 bits per heavy atom. The van der Waals surface area contributed by atoms with Gasteiger partial charge in [-0.25, -0.2) is 0 Å². The van der Waals surface area contributed by atoms with Crippen molar-refractivity contribution in [2.24, 2.45) is 0 Å². The minimum atomic E-state index is -0.866. The topological polar surface area (TPSA) is 107 Å². The number of rotatable bonds is 7. The second-order valence-corrected chi connectivity index (χ2v) is 5.88. The summed E-state index contributed by atoms with van der Waals surface area (Å²) in [4.78, 5) is 14.9. The van der Waals surface area contributed by atoms with E-state index in [0.29, 0.717) is 35.8 Å². The maximum absolute atomic E-state index is 10.7. The largest absolute Gasteiger partial charge is 0.481 e. The van der Waals surface area contributed by atoms with Crippen LogP contribution in [0.1, 0.15) is 36.3 Å². The summed E-state index contributed by atoms with van der Waals surface area (Å²) < 4.78 is 7.08. The minimum absolute atomic E-state index is 0.0253. The molecule has 1 aliphatic rings. The number of thioether (sulfide) groups is 1. The monoisotopic (exact) mass is 309 g/mol. The summed E-state index contributed by atoms with van der Waals surface area (Å²) in [5, 5.41) is 21.5. The Balaban J connectivity index is 1.73. The zero-order valence-electron chi connectivity index (χ0n) is 11.5. The first kappa shape index (κ1) is 14.1. The number of hydrogen-bond donors (Lipinski definition) is 1. The normalized spacial score (nSPS) is 14.5. The number of aliphatic carboxylic acids is 1. The van der Waals surface area contributed by atoms with E-state index in [-0.39, 0.29) is 5.75 Å². The molecule has 0 aromatic carbocycles. The third kappa shape index (κ3) is 3.41. The molecule has 0 saturated heterocycles. The highest BCUT2D eigenvalue weighted by molar-refractivity contribution is 7.99. The molecule has 1 N–H and O–H groups in total. The van der Waals surface area contributed by atoms with Gasteiger partial charge in [-0.3, -0.25) is 4.79 Å². The number of aryl methyl sites for hydroxylation is 2. The summed E-state index contributed by atoms with van der Waals surface area (Å²) in [6.45, 7) is 2.39. The van der Waals surface area contributed by atoms with Gasteiger partial charge in [-0.05, 0) is 19.8 Å². The van der Waals surface area contributed by atoms with Crippen LogP contribution in [0.2, 0.25) is 0 Å². The Bertz CT molecular complexity index is 649. The highest BCUT2D eigenvalue weighted by Gasteiger charge is 2.30. The van der Waals surface area contributed by atoms with E-state index in [0.717, 1.165) is 18.7 Å². The van der Waals surface area contributed by atoms with Crippen molar-refractivity contribution in [1.82, 2.24) is 24.9 Å². The van der Waals surface area contributed by atoms with Gasteiger partial charge in [0.05, 0.1) is 5.75 Å². The summed E-state index contributed by atoms with van der Waals surface area (Å²) in [5.41, 5.74) is 0. The summed E-state index contributed by atoms with van der Waals surface area (Å²) in [6.07, 6.45) is 2.81. The van der Waals surface area contributed by atoms with Gasteiger partial charge in [-0.15, -0.1) is 10.2 Å². The van der Waals surface area contributed by atoms with Crippen LogP contribution in [0.4, 0.5) is 0 Å². The molecule has 0 aliphatic heterocycles. The van der Waals surface area contributed by atoms with Crippen LogP contribution in [0, 0.1) is 6.92 Å². The van der Waals surface area contributed by atoms with Crippen molar-refractivity contribution in [2.75, 3.05) is 5.75 Å². The standard InChI is InChI=1S/C12H15N5O3S/c1-7-13-9(20-16-7)4-5-17-11(8-2-3-8)14-15-12(17)21-6-10(18)19/h8H,2-6H2,1H3,(H,18,19). The Hall–Kier alpha value is -1.90. The van der Waals surface area contributed by atoms with Crippen molar-refractivity contribution in [3.05, 3.63) is 17.5 Å². The van der Waals surface area contributed by atoms with Gasteiger partial charge in [0, 0.05) is 18.9 Å². The summed E-state index contributed by atoms with van der Waals surface area (Å²) in [6, 6.07) is 0. The van der Waals surface area contributed by atoms with Crippen LogP contribution in [-0.4, -0.2) is 41.7 Å². The zero-order chi connectivity index (χ0) is 14.8. The fourth-order valence-electron chi connectivity index (χ4n) is 2.04. The first-order valence-electron chi connectivity index (χ1n) is 6.70. The molecule has 0 radical (unpaired) electrons. The average molecular weight is 309 g/mol. The number of nitrogens with zero attached hydrogens (tertiary/aromatic N) is 5. The average Bonchev–Trinajstić information content (AvgIpc) is 3.08. The fraction of sp³-hybridized carbons (Fsp3) is 0.583. The van der Waals surface area contributed by atoms with Crippen molar-refractivity contribution in [3.63, 3.8) is 0 Å². The molecular weight excluding hydrogens is 294 g/mol. The van der Waals surface area contributed by atoms with Crippen molar-refractivity contribution in [2.45, 2.75) is 43.8 Å². The molecule has 1 aliphatic carbocycles. The fourth-order valence-corrected chi connectivity index (χ4v) is 2.73. The van der Waals surface area contributed by atoms with E-state index in [9.17, 15) is 4.79 Å². The molecule has 2 heterocycles. The number of carboxylic acids is 1. The predicted molar refractivity (Wildman–Crippen MR) is 73.1 cm³/mol. The number of hydrogen-bond acceptors (Lipinski definition) is 7. The van der Waals surface area contributed by atoms with Crippen LogP contribution >= 0.6 is 11.8 Å². The summed E-state index contributed by atoms with van der Waals surface area (Å²) in [7, 11) is 0. The SMILES string of the molecule is Cc1noc(CCn2c(SCC(=O)O)nnc2C2CC2)n1. The van der Waals surface area contributed by atoms with Crippen molar-refractivity contribution < 1.29 is 14.4 Å². The van der Waals surface area contributed by atoms with E-state index in [1.165, 1.54) is 11.8 Å². The number of aromatic nitrogens is 5. The van der Waals surface area contributed by atoms with Gasteiger partial charge in [0.1, 0.15) is 5.82 Å². The molecule has 8 nitrogen and oxygen atoms in total. The van der Waals surface area contributed by atoms with Crippen LogP contribution in [0.25, 0.3) is 0 Å². The third-order valence-electron chi connectivity index (χ3n) is 3.13. The van der Waals surface area contributed by atoms with E-state index >= 15 is 0 Å². The smallest absolute Gasteiger partial charge is 0.313 e. The van der Waals surface area contributed by atoms with Gasteiger partial charge in [-0.1, -0.05) is 16.9 Å². The van der Waals surface area contributed by atoms with Gasteiger partial charge in [0.25, 0.3) is 0 Å². The molecule has 2 aromatic rings. The molecule has 1 fully saturated rings. The minimum Gasteiger partial charge on any atom is -0.481 e. The molecule has 0 unspecified atom stereocenters. The maximum atomic E-state index is 10.7. The lowest BCUT2D eigenvalue weighted by Crippen LogP contribution is -2.08. The maximum Gasteiger partial charge on any atom is 0.313 e. The van der Waals surface area contributed by atoms with E-state index in [4.69, 9.17) is 9.63 Å². The van der Waals surface area contributed by atoms with Gasteiger partial charge in [-0.2, -0.15) is 4.98 Å². The molecular formula is C12H15N5O3S. The molecule has 3 rings (SSSR count). The van der Waals surface area contributed by atoms with Gasteiger partial charge in [0.15, 0.2) is 11.0 Å². The van der Waals surface area contributed by atoms with Crippen LogP contribution in [0.5, 0.6) is 0 Å². The lowest BCUT2D eigenvalue weighted by atomic mass is 10.3. The van der Waals surface area contributed by atoms with Gasteiger partial charge < -0.3 is 14.2 Å². The van der Waals surface area contributed by atoms with E-state index < -0.39 is 5.97 Å². The Labute approximate surface area is 124 Å². The quantitative estimate of drug-likeness (QED) is 0.762. The second-order valence-electron chi connectivity index (χ2n) is 4.93. The van der Waals surface area contributed by atoms with Crippen molar-refractivity contribution in [3.8, 4) is 0 Å². The molecule has 0 atom stereocenters. The van der Waals surface area contributed by atoms with Crippen LogP contribution in [0.15, 0.2) is 9.68 Å². The van der Waals surface area contributed by atoms with Gasteiger partial charge in [0.2, 0.25) is 5.89 Å². The Kier molecular flexibility index (Phi) is 3.91. The Morgan fingerprint density at radius 1 is 1.48 bits per heavy atom. The summed E-state index contributed by atoms with van der Waals surface area (Å²) >= 11 is 1.18. The third-order valence-corrected chi connectivity index (χ3v) is 4.08. The molecule has 0 amide bonds. The predicted octanol–water partition coefficient (Wildman–Crippen LogP) is 1.27. The molecule has 1 saturated carbocycles. The van der Waals surface area contributed by atoms with E-state index in [1.807, 2.05) is 4.57 Å². The lowest BCUT2D eigenvalue weighted by molar-refractivity contribution is -0.133. The first-order chi connectivity index (χ1) is 10.1. The highest BCUT2D eigenvalue weighted by atomic mass is 32.2. The number of carboxylic acid groups (broad SMARTS) is 1. The van der Waals surface area contributed by atoms with Crippen molar-refractivity contribution >= 4 is 17.7 Å².